The van der Waals surface area contributed by atoms with Gasteiger partial charge >= 0.3 is 0 Å². The molecule has 76 valence electrons. The molecule has 1 aliphatic carbocycles. The smallest absolute Gasteiger partial charge is 0.0444 e. The third-order valence-electron chi connectivity index (χ3n) is 2.96. The molecule has 1 aliphatic rings. The third-order valence-corrected chi connectivity index (χ3v) is 3.30. The molecule has 0 saturated heterocycles. The molecular formula is C12H16ClN. The Morgan fingerprint density at radius 1 is 1.29 bits per heavy atom. The monoisotopic (exact) mass is 209 g/mol. The number of benzene rings is 1. The van der Waals surface area contributed by atoms with Crippen LogP contribution in [0.25, 0.3) is 0 Å². The van der Waals surface area contributed by atoms with Crippen molar-refractivity contribution >= 4 is 11.6 Å². The van der Waals surface area contributed by atoms with Crippen LogP contribution in [0.2, 0.25) is 5.02 Å². The third kappa shape index (κ3) is 1.79. The van der Waals surface area contributed by atoms with E-state index in [1.807, 2.05) is 13.0 Å². The molecule has 1 atom stereocenters. The number of hydrogen-bond donors (Lipinski definition) is 1. The highest BCUT2D eigenvalue weighted by atomic mass is 35.5. The summed E-state index contributed by atoms with van der Waals surface area (Å²) in [5.41, 5.74) is 9.78. The lowest BCUT2D eigenvalue weighted by Crippen LogP contribution is -2.09. The maximum atomic E-state index is 6.24. The van der Waals surface area contributed by atoms with E-state index in [1.165, 1.54) is 24.0 Å². The molecule has 14 heavy (non-hydrogen) atoms. The highest BCUT2D eigenvalue weighted by Gasteiger charge is 2.14. The van der Waals surface area contributed by atoms with Gasteiger partial charge in [0.05, 0.1) is 0 Å². The van der Waals surface area contributed by atoms with Crippen molar-refractivity contribution in [3.63, 3.8) is 0 Å². The Labute approximate surface area is 90.3 Å². The van der Waals surface area contributed by atoms with Gasteiger partial charge in [-0.25, -0.2) is 0 Å². The van der Waals surface area contributed by atoms with Gasteiger partial charge in [0.1, 0.15) is 0 Å². The van der Waals surface area contributed by atoms with Crippen molar-refractivity contribution in [1.82, 2.24) is 0 Å². The van der Waals surface area contributed by atoms with Gasteiger partial charge in [0.15, 0.2) is 0 Å². The van der Waals surface area contributed by atoms with Gasteiger partial charge in [-0.05, 0) is 55.4 Å². The average molecular weight is 210 g/mol. The molecule has 0 heterocycles. The van der Waals surface area contributed by atoms with Crippen LogP contribution in [0.5, 0.6) is 0 Å². The van der Waals surface area contributed by atoms with E-state index in [-0.39, 0.29) is 6.04 Å². The van der Waals surface area contributed by atoms with Crippen LogP contribution < -0.4 is 5.73 Å². The number of fused-ring (bicyclic) bond motifs is 1. The Bertz CT molecular complexity index is 344. The van der Waals surface area contributed by atoms with Crippen molar-refractivity contribution < 1.29 is 0 Å². The van der Waals surface area contributed by atoms with Crippen molar-refractivity contribution in [3.8, 4) is 0 Å². The molecule has 0 aromatic heterocycles. The van der Waals surface area contributed by atoms with Gasteiger partial charge in [-0.1, -0.05) is 17.7 Å². The van der Waals surface area contributed by atoms with Gasteiger partial charge in [0, 0.05) is 11.1 Å². The number of hydrogen-bond acceptors (Lipinski definition) is 1. The first-order valence-electron chi connectivity index (χ1n) is 5.25. The first kappa shape index (κ1) is 10.0. The first-order valence-corrected chi connectivity index (χ1v) is 5.63. The summed E-state index contributed by atoms with van der Waals surface area (Å²) in [6.07, 6.45) is 4.85. The van der Waals surface area contributed by atoms with Crippen molar-refractivity contribution in [2.24, 2.45) is 5.73 Å². The van der Waals surface area contributed by atoms with Gasteiger partial charge in [-0.2, -0.15) is 0 Å². The van der Waals surface area contributed by atoms with Crippen LogP contribution >= 0.6 is 11.6 Å². The van der Waals surface area contributed by atoms with E-state index in [1.54, 1.807) is 0 Å². The minimum Gasteiger partial charge on any atom is -0.324 e. The van der Waals surface area contributed by atoms with Crippen molar-refractivity contribution in [2.45, 2.75) is 38.6 Å². The quantitative estimate of drug-likeness (QED) is 0.755. The Balaban J connectivity index is 2.46. The van der Waals surface area contributed by atoms with E-state index in [4.69, 9.17) is 17.3 Å². The maximum Gasteiger partial charge on any atom is 0.0444 e. The SMILES string of the molecule is C[C@@H](N)c1cc(Cl)c2c(c1)CCCC2. The molecule has 1 aromatic carbocycles. The molecule has 0 spiro atoms. The van der Waals surface area contributed by atoms with Crippen LogP contribution in [-0.2, 0) is 12.8 Å². The van der Waals surface area contributed by atoms with Crippen molar-refractivity contribution in [2.75, 3.05) is 0 Å². The molecule has 2 heteroatoms. The number of nitrogens with two attached hydrogens (primary N) is 1. The van der Waals surface area contributed by atoms with Crippen molar-refractivity contribution in [3.05, 3.63) is 33.8 Å². The van der Waals surface area contributed by atoms with Gasteiger partial charge in [0.25, 0.3) is 0 Å². The highest BCUT2D eigenvalue weighted by molar-refractivity contribution is 6.31. The molecule has 0 radical (unpaired) electrons. The molecule has 2 N–H and O–H groups in total. The summed E-state index contributed by atoms with van der Waals surface area (Å²) >= 11 is 6.24. The van der Waals surface area contributed by atoms with E-state index in [0.717, 1.165) is 23.4 Å². The summed E-state index contributed by atoms with van der Waals surface area (Å²) in [6, 6.07) is 4.33. The van der Waals surface area contributed by atoms with E-state index in [2.05, 4.69) is 6.07 Å². The van der Waals surface area contributed by atoms with Gasteiger partial charge in [-0.3, -0.25) is 0 Å². The highest BCUT2D eigenvalue weighted by Crippen LogP contribution is 2.30. The van der Waals surface area contributed by atoms with Crippen LogP contribution in [0, 0.1) is 0 Å². The average Bonchev–Trinajstić information content (AvgIpc) is 2.17. The molecule has 0 aliphatic heterocycles. The first-order chi connectivity index (χ1) is 6.68. The predicted octanol–water partition coefficient (Wildman–Crippen LogP) is 3.24. The minimum absolute atomic E-state index is 0.0831. The van der Waals surface area contributed by atoms with Crippen molar-refractivity contribution in [1.29, 1.82) is 0 Å². The largest absolute Gasteiger partial charge is 0.324 e. The Morgan fingerprint density at radius 2 is 2.00 bits per heavy atom. The van der Waals surface area contributed by atoms with E-state index in [9.17, 15) is 0 Å². The summed E-state index contributed by atoms with van der Waals surface area (Å²) < 4.78 is 0. The van der Waals surface area contributed by atoms with Crippen LogP contribution in [0.1, 0.15) is 42.5 Å². The summed E-state index contributed by atoms with van der Waals surface area (Å²) in [6.45, 7) is 2.00. The second-order valence-electron chi connectivity index (χ2n) is 4.14. The van der Waals surface area contributed by atoms with Crippen LogP contribution in [0.4, 0.5) is 0 Å². The normalized spacial score (nSPS) is 17.6. The maximum absolute atomic E-state index is 6.24. The molecular weight excluding hydrogens is 194 g/mol. The second kappa shape index (κ2) is 3.92. The number of halogens is 1. The molecule has 0 unspecified atom stereocenters. The zero-order chi connectivity index (χ0) is 10.1. The number of aryl methyl sites for hydroxylation is 1. The molecule has 1 aromatic rings. The van der Waals surface area contributed by atoms with Gasteiger partial charge in [0.2, 0.25) is 0 Å². The zero-order valence-corrected chi connectivity index (χ0v) is 9.27. The van der Waals surface area contributed by atoms with Gasteiger partial charge in [-0.15, -0.1) is 0 Å². The Hall–Kier alpha value is -0.530. The van der Waals surface area contributed by atoms with Crippen LogP contribution in [0.15, 0.2) is 12.1 Å². The number of rotatable bonds is 1. The van der Waals surface area contributed by atoms with E-state index < -0.39 is 0 Å². The molecule has 0 fully saturated rings. The van der Waals surface area contributed by atoms with E-state index >= 15 is 0 Å². The molecule has 1 nitrogen and oxygen atoms in total. The Morgan fingerprint density at radius 3 is 2.71 bits per heavy atom. The second-order valence-corrected chi connectivity index (χ2v) is 4.54. The van der Waals surface area contributed by atoms with E-state index in [0.29, 0.717) is 0 Å². The fourth-order valence-electron chi connectivity index (χ4n) is 2.10. The topological polar surface area (TPSA) is 26.0 Å². The lowest BCUT2D eigenvalue weighted by atomic mass is 9.89. The fraction of sp³-hybridized carbons (Fsp3) is 0.500. The van der Waals surface area contributed by atoms with Crippen LogP contribution in [0.3, 0.4) is 0 Å². The summed E-state index contributed by atoms with van der Waals surface area (Å²) in [7, 11) is 0. The lowest BCUT2D eigenvalue weighted by molar-refractivity contribution is 0.681. The summed E-state index contributed by atoms with van der Waals surface area (Å²) in [5.74, 6) is 0. The molecule has 0 amide bonds. The summed E-state index contributed by atoms with van der Waals surface area (Å²) in [5, 5.41) is 0.912. The molecule has 2 rings (SSSR count). The standard InChI is InChI=1S/C12H16ClN/c1-8(14)10-6-9-4-2-3-5-11(9)12(13)7-10/h6-8H,2-5,14H2,1H3/t8-/m1/s1. The zero-order valence-electron chi connectivity index (χ0n) is 8.52. The fourth-order valence-corrected chi connectivity index (χ4v) is 2.44. The summed E-state index contributed by atoms with van der Waals surface area (Å²) in [4.78, 5) is 0. The molecule has 0 saturated carbocycles. The van der Waals surface area contributed by atoms with Crippen LogP contribution in [-0.4, -0.2) is 0 Å². The minimum atomic E-state index is 0.0831. The predicted molar refractivity (Wildman–Crippen MR) is 60.7 cm³/mol. The molecule has 0 bridgehead atoms. The van der Waals surface area contributed by atoms with Gasteiger partial charge < -0.3 is 5.73 Å². The Kier molecular flexibility index (Phi) is 2.80. The lowest BCUT2D eigenvalue weighted by Gasteiger charge is -2.19.